The maximum Gasteiger partial charge on any atom is 0.303 e. The van der Waals surface area contributed by atoms with E-state index in [1.807, 2.05) is 0 Å². The Hall–Kier alpha value is -1.63. The van der Waals surface area contributed by atoms with Crippen LogP contribution in [-0.2, 0) is 19.1 Å². The van der Waals surface area contributed by atoms with Gasteiger partial charge in [0, 0.05) is 39.5 Å². The van der Waals surface area contributed by atoms with Crippen LogP contribution < -0.4 is 10.6 Å². The van der Waals surface area contributed by atoms with E-state index in [0.717, 1.165) is 32.1 Å². The number of carboxylic acid groups (broad SMARTS) is 1. The molecular weight excluding hydrogens is 384 g/mol. The number of carbonyl (C=O) groups is 3. The third-order valence-electron chi connectivity index (χ3n) is 5.08. The molecule has 0 radical (unpaired) electrons. The summed E-state index contributed by atoms with van der Waals surface area (Å²) in [6, 6.07) is 0. The number of ether oxygens (including phenoxy) is 1. The number of methoxy groups -OCH3 is 1. The largest absolute Gasteiger partial charge is 0.481 e. The summed E-state index contributed by atoms with van der Waals surface area (Å²) in [5, 5.41) is 14.2. The van der Waals surface area contributed by atoms with Crippen molar-refractivity contribution in [2.24, 2.45) is 0 Å². The third kappa shape index (κ3) is 22.7. The molecule has 0 aromatic carbocycles. The molecule has 0 aromatic rings. The van der Waals surface area contributed by atoms with Crippen LogP contribution in [0, 0.1) is 0 Å². The van der Waals surface area contributed by atoms with E-state index in [9.17, 15) is 14.4 Å². The van der Waals surface area contributed by atoms with E-state index < -0.39 is 5.97 Å². The Morgan fingerprint density at radius 2 is 1.00 bits per heavy atom. The molecule has 0 saturated heterocycles. The van der Waals surface area contributed by atoms with Gasteiger partial charge in [-0.05, 0) is 19.3 Å². The molecule has 0 spiro atoms. The summed E-state index contributed by atoms with van der Waals surface area (Å²) in [6.45, 7) is 1.59. The molecule has 0 rings (SSSR count). The maximum absolute atomic E-state index is 11.8. The quantitative estimate of drug-likeness (QED) is 0.224. The number of amides is 2. The highest BCUT2D eigenvalue weighted by Gasteiger charge is 2.03. The fourth-order valence-corrected chi connectivity index (χ4v) is 3.28. The molecule has 0 aliphatic heterocycles. The molecule has 0 bridgehead atoms. The highest BCUT2D eigenvalue weighted by molar-refractivity contribution is 5.77. The molecule has 30 heavy (non-hydrogen) atoms. The first-order valence-electron chi connectivity index (χ1n) is 11.8. The van der Waals surface area contributed by atoms with Crippen molar-refractivity contribution in [2.75, 3.05) is 26.8 Å². The lowest BCUT2D eigenvalue weighted by atomic mass is 10.0. The molecule has 0 aliphatic rings. The minimum absolute atomic E-state index is 0.00274. The fourth-order valence-electron chi connectivity index (χ4n) is 3.28. The highest BCUT2D eigenvalue weighted by Crippen LogP contribution is 2.13. The Bertz CT molecular complexity index is 443. The summed E-state index contributed by atoms with van der Waals surface area (Å²) in [4.78, 5) is 33.7. The molecule has 7 heteroatoms. The van der Waals surface area contributed by atoms with E-state index >= 15 is 0 Å². The summed E-state index contributed by atoms with van der Waals surface area (Å²) in [7, 11) is 1.60. The van der Waals surface area contributed by atoms with Gasteiger partial charge in [0.15, 0.2) is 0 Å². The summed E-state index contributed by atoms with van der Waals surface area (Å²) >= 11 is 0. The molecule has 0 aliphatic carbocycles. The molecule has 7 nitrogen and oxygen atoms in total. The van der Waals surface area contributed by atoms with Crippen molar-refractivity contribution in [1.82, 2.24) is 10.6 Å². The van der Waals surface area contributed by atoms with Crippen LogP contribution in [0.1, 0.15) is 103 Å². The van der Waals surface area contributed by atoms with Crippen LogP contribution in [0.5, 0.6) is 0 Å². The standard InChI is InChI=1S/C23H44N2O5/c1-30-20-19-25-22(27)16-14-18-24-21(26)15-12-10-8-6-4-2-3-5-7-9-11-13-17-23(28)29/h2-20H2,1H3,(H,24,26)(H,25,27)(H,28,29). The smallest absolute Gasteiger partial charge is 0.303 e. The topological polar surface area (TPSA) is 105 Å². The third-order valence-corrected chi connectivity index (χ3v) is 5.08. The molecule has 2 amide bonds. The number of rotatable bonds is 22. The van der Waals surface area contributed by atoms with Crippen molar-refractivity contribution in [1.29, 1.82) is 0 Å². The molecule has 3 N–H and O–H groups in total. The van der Waals surface area contributed by atoms with Gasteiger partial charge in [-0.25, -0.2) is 0 Å². The zero-order valence-corrected chi connectivity index (χ0v) is 19.0. The lowest BCUT2D eigenvalue weighted by Crippen LogP contribution is -2.29. The van der Waals surface area contributed by atoms with Gasteiger partial charge >= 0.3 is 5.97 Å². The normalized spacial score (nSPS) is 10.7. The first kappa shape index (κ1) is 28.4. The van der Waals surface area contributed by atoms with E-state index in [1.165, 1.54) is 44.9 Å². The lowest BCUT2D eigenvalue weighted by Gasteiger charge is -2.06. The molecule has 0 heterocycles. The van der Waals surface area contributed by atoms with Crippen LogP contribution in [-0.4, -0.2) is 49.7 Å². The van der Waals surface area contributed by atoms with Gasteiger partial charge in [-0.1, -0.05) is 64.2 Å². The van der Waals surface area contributed by atoms with E-state index in [1.54, 1.807) is 7.11 Å². The van der Waals surface area contributed by atoms with Gasteiger partial charge in [0.1, 0.15) is 0 Å². The van der Waals surface area contributed by atoms with Crippen molar-refractivity contribution >= 4 is 17.8 Å². The van der Waals surface area contributed by atoms with E-state index in [-0.39, 0.29) is 11.8 Å². The van der Waals surface area contributed by atoms with E-state index in [0.29, 0.717) is 45.4 Å². The van der Waals surface area contributed by atoms with Gasteiger partial charge in [-0.15, -0.1) is 0 Å². The van der Waals surface area contributed by atoms with Gasteiger partial charge in [0.25, 0.3) is 0 Å². The fraction of sp³-hybridized carbons (Fsp3) is 0.870. The zero-order chi connectivity index (χ0) is 22.3. The van der Waals surface area contributed by atoms with Gasteiger partial charge in [-0.2, -0.15) is 0 Å². The molecule has 0 atom stereocenters. The van der Waals surface area contributed by atoms with Crippen LogP contribution in [0.4, 0.5) is 0 Å². The molecule has 0 saturated carbocycles. The number of aliphatic carboxylic acids is 1. The second-order valence-electron chi connectivity index (χ2n) is 7.93. The van der Waals surface area contributed by atoms with Crippen LogP contribution in [0.15, 0.2) is 0 Å². The number of carbonyl (C=O) groups excluding carboxylic acids is 2. The SMILES string of the molecule is COCCNC(=O)CCCNC(=O)CCCCCCCCCCCCCCC(=O)O. The summed E-state index contributed by atoms with van der Waals surface area (Å²) < 4.78 is 4.87. The first-order valence-corrected chi connectivity index (χ1v) is 11.8. The Morgan fingerprint density at radius 1 is 0.600 bits per heavy atom. The van der Waals surface area contributed by atoms with Crippen molar-refractivity contribution in [2.45, 2.75) is 103 Å². The Labute approximate surface area is 182 Å². The summed E-state index contributed by atoms with van der Waals surface area (Å²) in [5.41, 5.74) is 0. The van der Waals surface area contributed by atoms with Gasteiger partial charge in [-0.3, -0.25) is 14.4 Å². The predicted molar refractivity (Wildman–Crippen MR) is 119 cm³/mol. The second kappa shape index (κ2) is 22.1. The van der Waals surface area contributed by atoms with Gasteiger partial charge in [0.2, 0.25) is 11.8 Å². The zero-order valence-electron chi connectivity index (χ0n) is 19.0. The number of unbranched alkanes of at least 4 members (excludes halogenated alkanes) is 11. The summed E-state index contributed by atoms with van der Waals surface area (Å²) in [6.07, 6.45) is 15.7. The number of hydrogen-bond donors (Lipinski definition) is 3. The van der Waals surface area contributed by atoms with Crippen molar-refractivity contribution in [3.8, 4) is 0 Å². The molecule has 0 aromatic heterocycles. The van der Waals surface area contributed by atoms with Crippen molar-refractivity contribution in [3.05, 3.63) is 0 Å². The van der Waals surface area contributed by atoms with Gasteiger partial charge in [0.05, 0.1) is 6.61 Å². The number of hydrogen-bond acceptors (Lipinski definition) is 4. The average Bonchev–Trinajstić information content (AvgIpc) is 2.71. The molecular formula is C23H44N2O5. The monoisotopic (exact) mass is 428 g/mol. The van der Waals surface area contributed by atoms with Crippen LogP contribution in [0.25, 0.3) is 0 Å². The van der Waals surface area contributed by atoms with Gasteiger partial charge < -0.3 is 20.5 Å². The Balaban J connectivity index is 3.24. The second-order valence-corrected chi connectivity index (χ2v) is 7.93. The number of nitrogens with one attached hydrogen (secondary N) is 2. The molecule has 0 fully saturated rings. The van der Waals surface area contributed by atoms with E-state index in [2.05, 4.69) is 10.6 Å². The average molecular weight is 429 g/mol. The Kier molecular flexibility index (Phi) is 20.9. The Morgan fingerprint density at radius 3 is 1.47 bits per heavy atom. The van der Waals surface area contributed by atoms with Crippen molar-refractivity contribution in [3.63, 3.8) is 0 Å². The minimum Gasteiger partial charge on any atom is -0.481 e. The van der Waals surface area contributed by atoms with Crippen LogP contribution in [0.2, 0.25) is 0 Å². The van der Waals surface area contributed by atoms with E-state index in [4.69, 9.17) is 9.84 Å². The number of carboxylic acids is 1. The van der Waals surface area contributed by atoms with Crippen LogP contribution >= 0.6 is 0 Å². The van der Waals surface area contributed by atoms with Crippen molar-refractivity contribution < 1.29 is 24.2 Å². The predicted octanol–water partition coefficient (Wildman–Crippen LogP) is 4.19. The minimum atomic E-state index is -0.689. The lowest BCUT2D eigenvalue weighted by molar-refractivity contribution is -0.137. The maximum atomic E-state index is 11.8. The highest BCUT2D eigenvalue weighted by atomic mass is 16.5. The summed E-state index contributed by atoms with van der Waals surface area (Å²) in [5.74, 6) is -0.610. The molecule has 176 valence electrons. The first-order chi connectivity index (χ1) is 14.6. The molecule has 0 unspecified atom stereocenters. The van der Waals surface area contributed by atoms with Crippen LogP contribution in [0.3, 0.4) is 0 Å².